The van der Waals surface area contributed by atoms with Crippen LogP contribution in [0.15, 0.2) is 0 Å². The molecule has 0 aliphatic heterocycles. The smallest absolute Gasteiger partial charge is 0.335 e. The number of hydrogen-bond donors (Lipinski definition) is 0. The second kappa shape index (κ2) is 4.59. The molecule has 0 saturated heterocycles. The largest absolute Gasteiger partial charge is 0.464 e. The van der Waals surface area contributed by atoms with Crippen molar-refractivity contribution in [2.75, 3.05) is 13.2 Å². The van der Waals surface area contributed by atoms with Crippen molar-refractivity contribution in [2.45, 2.75) is 13.3 Å². The van der Waals surface area contributed by atoms with Crippen LogP contribution in [-0.4, -0.2) is 19.2 Å². The van der Waals surface area contributed by atoms with E-state index in [1.54, 1.807) is 0 Å². The Morgan fingerprint density at radius 2 is 2.25 bits per heavy atom. The van der Waals surface area contributed by atoms with E-state index < -0.39 is 12.6 Å². The van der Waals surface area contributed by atoms with E-state index in [1.165, 1.54) is 0 Å². The molecule has 0 aliphatic rings. The van der Waals surface area contributed by atoms with Gasteiger partial charge in [0.1, 0.15) is 0 Å². The van der Waals surface area contributed by atoms with Gasteiger partial charge in [0.2, 0.25) is 0 Å². The van der Waals surface area contributed by atoms with Gasteiger partial charge in [-0.15, -0.1) is 0 Å². The zero-order valence-corrected chi connectivity index (χ0v) is 4.85. The van der Waals surface area contributed by atoms with Crippen molar-refractivity contribution in [3.63, 3.8) is 0 Å². The van der Waals surface area contributed by atoms with Gasteiger partial charge >= 0.3 is 5.97 Å². The van der Waals surface area contributed by atoms with Crippen molar-refractivity contribution in [1.82, 2.24) is 0 Å². The number of ether oxygens (including phenoxy) is 1. The van der Waals surface area contributed by atoms with Crippen LogP contribution < -0.4 is 0 Å². The van der Waals surface area contributed by atoms with E-state index in [4.69, 9.17) is 0 Å². The van der Waals surface area contributed by atoms with Crippen molar-refractivity contribution in [1.29, 1.82) is 0 Å². The maximum absolute atomic E-state index is 10.0. The molecule has 3 heteroatoms. The van der Waals surface area contributed by atoms with Crippen LogP contribution in [0.25, 0.3) is 0 Å². The van der Waals surface area contributed by atoms with Gasteiger partial charge in [0.15, 0.2) is 6.61 Å². The third-order valence-corrected chi connectivity index (χ3v) is 0.585. The molecule has 0 spiro atoms. The molecule has 0 aromatic rings. The minimum atomic E-state index is -0.764. The van der Waals surface area contributed by atoms with Crippen molar-refractivity contribution in [2.24, 2.45) is 0 Å². The Kier molecular flexibility index (Phi) is 4.26. The number of esters is 1. The van der Waals surface area contributed by atoms with E-state index in [1.807, 2.05) is 6.92 Å². The Morgan fingerprint density at radius 1 is 1.62 bits per heavy atom. The molecular weight excluding hydrogens is 108 g/mol. The summed E-state index contributed by atoms with van der Waals surface area (Å²) < 4.78 is 4.39. The maximum atomic E-state index is 10.0. The number of carbonyl (C=O) groups is 1. The summed E-state index contributed by atoms with van der Waals surface area (Å²) in [6.07, 6.45) is 0.770. The van der Waals surface area contributed by atoms with E-state index in [-0.39, 0.29) is 0 Å². The predicted molar refractivity (Wildman–Crippen MR) is 26.8 cm³/mol. The highest BCUT2D eigenvalue weighted by atomic mass is 16.5. The van der Waals surface area contributed by atoms with Crippen LogP contribution in [0.5, 0.6) is 0 Å². The van der Waals surface area contributed by atoms with E-state index in [0.29, 0.717) is 6.61 Å². The van der Waals surface area contributed by atoms with E-state index in [2.05, 4.69) is 4.74 Å². The molecule has 0 aromatic carbocycles. The summed E-state index contributed by atoms with van der Waals surface area (Å²) in [6.45, 7) is 1.47. The van der Waals surface area contributed by atoms with Crippen LogP contribution in [0.2, 0.25) is 0 Å². The maximum Gasteiger partial charge on any atom is 0.335 e. The van der Waals surface area contributed by atoms with Gasteiger partial charge in [0.25, 0.3) is 0 Å². The van der Waals surface area contributed by atoms with Gasteiger partial charge in [0.05, 0.1) is 6.61 Å². The van der Waals surface area contributed by atoms with Crippen molar-refractivity contribution in [3.05, 3.63) is 0 Å². The quantitative estimate of drug-likeness (QED) is 0.501. The number of carbonyl (C=O) groups excluding carboxylic acids is 1. The van der Waals surface area contributed by atoms with Crippen molar-refractivity contribution >= 4 is 5.97 Å². The first-order chi connectivity index (χ1) is 3.81. The predicted octanol–water partition coefficient (Wildman–Crippen LogP) is 0.370. The first-order valence-electron chi connectivity index (χ1n) is 2.55. The molecule has 0 aliphatic carbocycles. The first kappa shape index (κ1) is 7.43. The molecule has 0 heterocycles. The van der Waals surface area contributed by atoms with Crippen LogP contribution in [0, 0.1) is 0 Å². The summed E-state index contributed by atoms with van der Waals surface area (Å²) in [4.78, 5) is 10.0. The highest BCUT2D eigenvalue weighted by Gasteiger charge is 1.96. The topological polar surface area (TPSA) is 46.2 Å². The van der Waals surface area contributed by atoms with Gasteiger partial charge in [-0.25, -0.2) is 9.90 Å². The van der Waals surface area contributed by atoms with Crippen LogP contribution in [0.1, 0.15) is 13.3 Å². The fraction of sp³-hybridized carbons (Fsp3) is 0.800. The zero-order valence-electron chi connectivity index (χ0n) is 4.85. The minimum absolute atomic E-state index is 0.362. The van der Waals surface area contributed by atoms with Crippen LogP contribution in [0.4, 0.5) is 0 Å². The molecular formula is C5H9O3. The van der Waals surface area contributed by atoms with Crippen LogP contribution in [-0.2, 0) is 14.6 Å². The second-order valence-electron chi connectivity index (χ2n) is 1.36. The highest BCUT2D eigenvalue weighted by Crippen LogP contribution is 1.79. The lowest BCUT2D eigenvalue weighted by Crippen LogP contribution is -2.08. The Hall–Kier alpha value is -0.570. The molecule has 8 heavy (non-hydrogen) atoms. The summed E-state index contributed by atoms with van der Waals surface area (Å²) in [5, 5.41) is 9.66. The SMILES string of the molecule is CCCOC(=O)C[O]. The minimum Gasteiger partial charge on any atom is -0.464 e. The van der Waals surface area contributed by atoms with Gasteiger partial charge < -0.3 is 4.74 Å². The average Bonchev–Trinajstić information content (AvgIpc) is 1.83. The summed E-state index contributed by atoms with van der Waals surface area (Å²) >= 11 is 0. The Bertz CT molecular complexity index is 70.1. The molecule has 0 bridgehead atoms. The second-order valence-corrected chi connectivity index (χ2v) is 1.36. The first-order valence-corrected chi connectivity index (χ1v) is 2.55. The highest BCUT2D eigenvalue weighted by molar-refractivity contribution is 5.70. The lowest BCUT2D eigenvalue weighted by atomic mass is 10.5. The molecule has 0 aromatic heterocycles. The molecule has 1 radical (unpaired) electrons. The molecule has 0 atom stereocenters. The van der Waals surface area contributed by atoms with E-state index in [0.717, 1.165) is 6.42 Å². The van der Waals surface area contributed by atoms with E-state index >= 15 is 0 Å². The van der Waals surface area contributed by atoms with Crippen molar-refractivity contribution < 1.29 is 14.6 Å². The van der Waals surface area contributed by atoms with Gasteiger partial charge in [-0.3, -0.25) is 0 Å². The Balaban J connectivity index is 2.99. The molecule has 0 unspecified atom stereocenters. The molecule has 0 rings (SSSR count). The standard InChI is InChI=1S/C5H9O3/c1-2-3-8-5(7)4-6/h2-4H2,1H3. The van der Waals surface area contributed by atoms with Crippen molar-refractivity contribution in [3.8, 4) is 0 Å². The van der Waals surface area contributed by atoms with Crippen LogP contribution >= 0.6 is 0 Å². The lowest BCUT2D eigenvalue weighted by molar-refractivity contribution is -0.148. The van der Waals surface area contributed by atoms with Gasteiger partial charge in [-0.2, -0.15) is 0 Å². The summed E-state index contributed by atoms with van der Waals surface area (Å²) in [7, 11) is 0. The summed E-state index contributed by atoms with van der Waals surface area (Å²) in [5.41, 5.74) is 0. The number of hydrogen-bond acceptors (Lipinski definition) is 2. The van der Waals surface area contributed by atoms with Gasteiger partial charge in [0, 0.05) is 0 Å². The van der Waals surface area contributed by atoms with Crippen LogP contribution in [0.3, 0.4) is 0 Å². The normalized spacial score (nSPS) is 8.75. The molecule has 0 saturated carbocycles. The summed E-state index contributed by atoms with van der Waals surface area (Å²) in [6, 6.07) is 0. The average molecular weight is 117 g/mol. The zero-order chi connectivity index (χ0) is 6.41. The van der Waals surface area contributed by atoms with E-state index in [9.17, 15) is 9.90 Å². The molecule has 47 valence electrons. The number of rotatable bonds is 3. The Morgan fingerprint density at radius 3 is 2.62 bits per heavy atom. The molecule has 0 N–H and O–H groups in total. The Labute approximate surface area is 48.3 Å². The molecule has 0 amide bonds. The fourth-order valence-corrected chi connectivity index (χ4v) is 0.258. The third-order valence-electron chi connectivity index (χ3n) is 0.585. The molecule has 3 nitrogen and oxygen atoms in total. The van der Waals surface area contributed by atoms with Gasteiger partial charge in [-0.1, -0.05) is 6.92 Å². The van der Waals surface area contributed by atoms with Gasteiger partial charge in [-0.05, 0) is 6.42 Å². The molecule has 0 fully saturated rings. The fourth-order valence-electron chi connectivity index (χ4n) is 0.258. The lowest BCUT2D eigenvalue weighted by Gasteiger charge is -1.95. The monoisotopic (exact) mass is 117 g/mol. The summed E-state index contributed by atoms with van der Waals surface area (Å²) in [5.74, 6) is -0.660. The third kappa shape index (κ3) is 3.61.